The van der Waals surface area contributed by atoms with E-state index in [1.807, 2.05) is 12.1 Å². The summed E-state index contributed by atoms with van der Waals surface area (Å²) in [5.74, 6) is 0.315. The Hall–Kier alpha value is -2.87. The number of nitrogen functional groups attached to an aromatic ring is 1. The molecule has 6 nitrogen and oxygen atoms in total. The summed E-state index contributed by atoms with van der Waals surface area (Å²) in [6.45, 7) is 3.37. The van der Waals surface area contributed by atoms with Crippen molar-refractivity contribution in [1.82, 2.24) is 4.98 Å². The molecule has 0 bridgehead atoms. The summed E-state index contributed by atoms with van der Waals surface area (Å²) in [4.78, 5) is 22.6. The number of fused-ring (bicyclic) bond motifs is 3. The Balaban J connectivity index is 1.49. The molecule has 1 saturated heterocycles. The largest absolute Gasteiger partial charge is 0.397 e. The van der Waals surface area contributed by atoms with Gasteiger partial charge in [0.05, 0.1) is 5.69 Å². The number of primary amides is 1. The quantitative estimate of drug-likeness (QED) is 0.672. The number of nitrogens with two attached hydrogens (primary N) is 2. The zero-order chi connectivity index (χ0) is 20.8. The normalized spacial score (nSPS) is 16.7. The van der Waals surface area contributed by atoms with E-state index in [0.717, 1.165) is 73.6 Å². The van der Waals surface area contributed by atoms with Gasteiger partial charge in [-0.05, 0) is 61.1 Å². The lowest BCUT2D eigenvalue weighted by molar-refractivity contribution is 0.100. The number of nitrogens with zero attached hydrogens (tertiary/aromatic N) is 3. The van der Waals surface area contributed by atoms with Crippen LogP contribution in [0.2, 0.25) is 0 Å². The number of piperazine rings is 1. The Morgan fingerprint density at radius 3 is 2.30 bits per heavy atom. The molecule has 5 rings (SSSR count). The average Bonchev–Trinajstić information content (AvgIpc) is 3.11. The minimum atomic E-state index is -0.491. The third-order valence-corrected chi connectivity index (χ3v) is 7.28. The molecule has 0 saturated carbocycles. The molecule has 2 aliphatic rings. The van der Waals surface area contributed by atoms with E-state index in [-0.39, 0.29) is 5.82 Å². The van der Waals surface area contributed by atoms with Gasteiger partial charge in [-0.25, -0.2) is 9.37 Å². The minimum Gasteiger partial charge on any atom is -0.397 e. The van der Waals surface area contributed by atoms with Crippen LogP contribution >= 0.6 is 11.3 Å². The lowest BCUT2D eigenvalue weighted by atomic mass is 9.89. The predicted molar refractivity (Wildman–Crippen MR) is 120 cm³/mol. The van der Waals surface area contributed by atoms with Crippen LogP contribution in [0.5, 0.6) is 0 Å². The Bertz CT molecular complexity index is 1120. The number of halogens is 1. The highest BCUT2D eigenvalue weighted by atomic mass is 32.1. The molecule has 30 heavy (non-hydrogen) atoms. The molecule has 4 N–H and O–H groups in total. The van der Waals surface area contributed by atoms with Crippen molar-refractivity contribution in [3.05, 3.63) is 46.1 Å². The van der Waals surface area contributed by atoms with E-state index in [9.17, 15) is 9.18 Å². The third-order valence-electron chi connectivity index (χ3n) is 6.17. The van der Waals surface area contributed by atoms with Crippen molar-refractivity contribution in [2.45, 2.75) is 25.7 Å². The zero-order valence-corrected chi connectivity index (χ0v) is 17.5. The number of rotatable bonds is 3. The summed E-state index contributed by atoms with van der Waals surface area (Å²) in [6.07, 6.45) is 4.18. The molecule has 1 aliphatic heterocycles. The van der Waals surface area contributed by atoms with Crippen molar-refractivity contribution >= 4 is 44.7 Å². The van der Waals surface area contributed by atoms with Crippen molar-refractivity contribution < 1.29 is 9.18 Å². The number of amides is 1. The van der Waals surface area contributed by atoms with Gasteiger partial charge in [-0.3, -0.25) is 4.79 Å². The number of hydrogen-bond donors (Lipinski definition) is 2. The van der Waals surface area contributed by atoms with Crippen LogP contribution in [0.15, 0.2) is 24.3 Å². The molecule has 1 aromatic carbocycles. The second-order valence-electron chi connectivity index (χ2n) is 7.94. The van der Waals surface area contributed by atoms with Crippen LogP contribution in [-0.2, 0) is 12.8 Å². The molecule has 3 aromatic rings. The summed E-state index contributed by atoms with van der Waals surface area (Å²) in [5, 5.41) is 0.928. The van der Waals surface area contributed by atoms with E-state index in [4.69, 9.17) is 16.5 Å². The standard InChI is InChI=1S/C22H24FN5OS/c23-13-5-7-14(8-6-13)27-9-11-28(12-10-27)21-16-4-2-1-3-15(16)17-18(24)19(20(25)29)30-22(17)26-21/h5-8H,1-4,9-12,24H2,(H2,25,29). The predicted octanol–water partition coefficient (Wildman–Crippen LogP) is 3.32. The number of thiophene rings is 1. The summed E-state index contributed by atoms with van der Waals surface area (Å²) in [5.41, 5.74) is 15.9. The van der Waals surface area contributed by atoms with Crippen LogP contribution in [0.4, 0.5) is 21.6 Å². The highest BCUT2D eigenvalue weighted by Gasteiger charge is 2.28. The van der Waals surface area contributed by atoms with Crippen molar-refractivity contribution in [3.63, 3.8) is 0 Å². The number of anilines is 3. The smallest absolute Gasteiger partial charge is 0.260 e. The van der Waals surface area contributed by atoms with Gasteiger partial charge >= 0.3 is 0 Å². The van der Waals surface area contributed by atoms with E-state index >= 15 is 0 Å². The number of aromatic nitrogens is 1. The maximum absolute atomic E-state index is 13.2. The summed E-state index contributed by atoms with van der Waals surface area (Å²) < 4.78 is 13.2. The van der Waals surface area contributed by atoms with Crippen molar-refractivity contribution in [1.29, 1.82) is 0 Å². The molecule has 8 heteroatoms. The first kappa shape index (κ1) is 19.1. The van der Waals surface area contributed by atoms with E-state index in [1.54, 1.807) is 0 Å². The van der Waals surface area contributed by atoms with Crippen molar-refractivity contribution in [2.24, 2.45) is 5.73 Å². The Labute approximate surface area is 178 Å². The summed E-state index contributed by atoms with van der Waals surface area (Å²) in [7, 11) is 0. The Kier molecular flexibility index (Phi) is 4.73. The second-order valence-corrected chi connectivity index (χ2v) is 8.94. The van der Waals surface area contributed by atoms with Gasteiger partial charge in [-0.15, -0.1) is 11.3 Å². The zero-order valence-electron chi connectivity index (χ0n) is 16.7. The SMILES string of the molecule is NC(=O)c1sc2nc(N3CCN(c4ccc(F)cc4)CC3)c3c(c2c1N)CCCC3. The molecule has 3 heterocycles. The van der Waals surface area contributed by atoms with E-state index in [2.05, 4.69) is 9.80 Å². The van der Waals surface area contributed by atoms with Gasteiger partial charge in [0.1, 0.15) is 21.3 Å². The monoisotopic (exact) mass is 425 g/mol. The molecule has 1 amide bonds. The van der Waals surface area contributed by atoms with Crippen molar-refractivity contribution in [2.75, 3.05) is 41.7 Å². The molecular weight excluding hydrogens is 401 g/mol. The van der Waals surface area contributed by atoms with E-state index < -0.39 is 5.91 Å². The fourth-order valence-corrected chi connectivity index (χ4v) is 5.64. The van der Waals surface area contributed by atoms with Crippen LogP contribution in [0.3, 0.4) is 0 Å². The molecule has 0 atom stereocenters. The first-order valence-electron chi connectivity index (χ1n) is 10.3. The van der Waals surface area contributed by atoms with E-state index in [1.165, 1.54) is 34.6 Å². The number of pyridine rings is 1. The Morgan fingerprint density at radius 1 is 1.00 bits per heavy atom. The van der Waals surface area contributed by atoms with Crippen molar-refractivity contribution in [3.8, 4) is 0 Å². The van der Waals surface area contributed by atoms with Gasteiger partial charge in [-0.1, -0.05) is 0 Å². The first-order valence-corrected chi connectivity index (χ1v) is 11.1. The van der Waals surface area contributed by atoms with Gasteiger partial charge in [0.15, 0.2) is 0 Å². The van der Waals surface area contributed by atoms with E-state index in [0.29, 0.717) is 10.6 Å². The maximum Gasteiger partial charge on any atom is 0.260 e. The van der Waals surface area contributed by atoms with Crippen LogP contribution in [0, 0.1) is 5.82 Å². The maximum atomic E-state index is 13.2. The summed E-state index contributed by atoms with van der Waals surface area (Å²) in [6, 6.07) is 6.67. The van der Waals surface area contributed by atoms with Crippen LogP contribution in [-0.4, -0.2) is 37.1 Å². The topological polar surface area (TPSA) is 88.5 Å². The van der Waals surface area contributed by atoms with Crippen LogP contribution in [0.1, 0.15) is 33.6 Å². The van der Waals surface area contributed by atoms with Gasteiger partial charge in [0.2, 0.25) is 0 Å². The van der Waals surface area contributed by atoms with Gasteiger partial charge in [0.25, 0.3) is 5.91 Å². The molecular formula is C22H24FN5OS. The fraction of sp³-hybridized carbons (Fsp3) is 0.364. The molecule has 0 radical (unpaired) electrons. The molecule has 156 valence electrons. The number of carbonyl (C=O) groups is 1. The number of aryl methyl sites for hydroxylation is 1. The Morgan fingerprint density at radius 2 is 1.63 bits per heavy atom. The number of benzene rings is 1. The molecule has 0 unspecified atom stereocenters. The average molecular weight is 426 g/mol. The molecule has 2 aromatic heterocycles. The van der Waals surface area contributed by atoms with Gasteiger partial charge < -0.3 is 21.3 Å². The van der Waals surface area contributed by atoms with Gasteiger partial charge in [-0.2, -0.15) is 0 Å². The molecule has 1 fully saturated rings. The van der Waals surface area contributed by atoms with Crippen LogP contribution in [0.25, 0.3) is 10.2 Å². The first-order chi connectivity index (χ1) is 14.5. The van der Waals surface area contributed by atoms with Gasteiger partial charge in [0, 0.05) is 37.3 Å². The second kappa shape index (κ2) is 7.43. The summed E-state index contributed by atoms with van der Waals surface area (Å²) >= 11 is 1.30. The number of carbonyl (C=O) groups excluding carboxylic acids is 1. The minimum absolute atomic E-state index is 0.216. The lowest BCUT2D eigenvalue weighted by Gasteiger charge is -2.38. The molecule has 0 spiro atoms. The lowest BCUT2D eigenvalue weighted by Crippen LogP contribution is -2.47. The third kappa shape index (κ3) is 3.15. The fourth-order valence-electron chi connectivity index (χ4n) is 4.67. The number of hydrogen-bond acceptors (Lipinski definition) is 6. The highest BCUT2D eigenvalue weighted by molar-refractivity contribution is 7.21. The highest BCUT2D eigenvalue weighted by Crippen LogP contribution is 2.42. The van der Waals surface area contributed by atoms with Crippen LogP contribution < -0.4 is 21.3 Å². The molecule has 1 aliphatic carbocycles.